The van der Waals surface area contributed by atoms with E-state index in [-0.39, 0.29) is 11.4 Å². The van der Waals surface area contributed by atoms with Crippen LogP contribution >= 0.6 is 11.6 Å². The van der Waals surface area contributed by atoms with Crippen LogP contribution in [0.15, 0.2) is 30.6 Å². The molecule has 3 nitrogen and oxygen atoms in total. The summed E-state index contributed by atoms with van der Waals surface area (Å²) in [5, 5.41) is 8.05. The van der Waals surface area contributed by atoms with Crippen molar-refractivity contribution in [3.8, 4) is 0 Å². The Morgan fingerprint density at radius 2 is 2.10 bits per heavy atom. The lowest BCUT2D eigenvalue weighted by Gasteiger charge is -2.19. The zero-order chi connectivity index (χ0) is 14.8. The van der Waals surface area contributed by atoms with E-state index in [9.17, 15) is 4.39 Å². The van der Waals surface area contributed by atoms with Crippen LogP contribution in [0.4, 0.5) is 4.39 Å². The van der Waals surface area contributed by atoms with Gasteiger partial charge < -0.3 is 5.32 Å². The van der Waals surface area contributed by atoms with Crippen molar-refractivity contribution >= 4 is 11.6 Å². The summed E-state index contributed by atoms with van der Waals surface area (Å²) in [4.78, 5) is 0. The van der Waals surface area contributed by atoms with Gasteiger partial charge in [0, 0.05) is 34.4 Å². The smallest absolute Gasteiger partial charge is 0.129 e. The lowest BCUT2D eigenvalue weighted by atomic mass is 10.1. The quantitative estimate of drug-likeness (QED) is 0.934. The Morgan fingerprint density at radius 1 is 1.35 bits per heavy atom. The highest BCUT2D eigenvalue weighted by molar-refractivity contribution is 6.30. The molecule has 0 unspecified atom stereocenters. The van der Waals surface area contributed by atoms with Gasteiger partial charge in [0.1, 0.15) is 5.82 Å². The Kier molecular flexibility index (Phi) is 4.45. The van der Waals surface area contributed by atoms with Crippen LogP contribution in [0.5, 0.6) is 0 Å². The van der Waals surface area contributed by atoms with Gasteiger partial charge in [-0.2, -0.15) is 5.10 Å². The molecule has 2 rings (SSSR count). The largest absolute Gasteiger partial charge is 0.308 e. The maximum absolute atomic E-state index is 13.7. The van der Waals surface area contributed by atoms with Crippen molar-refractivity contribution < 1.29 is 4.39 Å². The third-order valence-electron chi connectivity index (χ3n) is 2.86. The Balaban J connectivity index is 2.02. The molecule has 1 N–H and O–H groups in total. The van der Waals surface area contributed by atoms with E-state index in [0.717, 1.165) is 12.1 Å². The van der Waals surface area contributed by atoms with E-state index < -0.39 is 0 Å². The second-order valence-corrected chi connectivity index (χ2v) is 6.32. The molecular formula is C15H19ClFN3. The van der Waals surface area contributed by atoms with Gasteiger partial charge in [-0.15, -0.1) is 0 Å². The van der Waals surface area contributed by atoms with Crippen LogP contribution in [-0.4, -0.2) is 15.3 Å². The van der Waals surface area contributed by atoms with Crippen LogP contribution in [0.25, 0.3) is 0 Å². The minimum absolute atomic E-state index is 0.0599. The van der Waals surface area contributed by atoms with Crippen LogP contribution in [-0.2, 0) is 13.1 Å². The van der Waals surface area contributed by atoms with Gasteiger partial charge in [-0.1, -0.05) is 17.7 Å². The predicted molar refractivity (Wildman–Crippen MR) is 79.3 cm³/mol. The molecule has 1 heterocycles. The molecule has 2 aromatic rings. The van der Waals surface area contributed by atoms with Crippen molar-refractivity contribution in [2.75, 3.05) is 0 Å². The van der Waals surface area contributed by atoms with Gasteiger partial charge >= 0.3 is 0 Å². The van der Waals surface area contributed by atoms with Gasteiger partial charge in [-0.3, -0.25) is 4.68 Å². The zero-order valence-electron chi connectivity index (χ0n) is 12.0. The molecule has 0 aliphatic heterocycles. The van der Waals surface area contributed by atoms with Crippen LogP contribution in [0, 0.1) is 5.82 Å². The van der Waals surface area contributed by atoms with Crippen molar-refractivity contribution in [1.82, 2.24) is 15.1 Å². The summed E-state index contributed by atoms with van der Waals surface area (Å²) in [5.41, 5.74) is 1.71. The molecule has 0 fully saturated rings. The number of halogens is 2. The van der Waals surface area contributed by atoms with Gasteiger partial charge in [0.05, 0.1) is 12.7 Å². The fourth-order valence-electron chi connectivity index (χ4n) is 1.78. The summed E-state index contributed by atoms with van der Waals surface area (Å²) >= 11 is 5.74. The van der Waals surface area contributed by atoms with Gasteiger partial charge in [-0.25, -0.2) is 4.39 Å². The fraction of sp³-hybridized carbons (Fsp3) is 0.400. The van der Waals surface area contributed by atoms with Gasteiger partial charge in [0.2, 0.25) is 0 Å². The molecule has 0 atom stereocenters. The summed E-state index contributed by atoms with van der Waals surface area (Å²) in [5.74, 6) is -0.303. The summed E-state index contributed by atoms with van der Waals surface area (Å²) in [7, 11) is 0. The molecule has 0 aliphatic carbocycles. The molecule has 0 aliphatic rings. The monoisotopic (exact) mass is 295 g/mol. The molecule has 20 heavy (non-hydrogen) atoms. The Labute approximate surface area is 123 Å². The van der Waals surface area contributed by atoms with Crippen LogP contribution in [0.1, 0.15) is 31.9 Å². The van der Waals surface area contributed by atoms with E-state index in [1.807, 2.05) is 6.20 Å². The van der Waals surface area contributed by atoms with E-state index in [2.05, 4.69) is 31.2 Å². The lowest BCUT2D eigenvalue weighted by Crippen LogP contribution is -2.34. The van der Waals surface area contributed by atoms with E-state index in [0.29, 0.717) is 17.1 Å². The van der Waals surface area contributed by atoms with Crippen molar-refractivity contribution in [3.05, 3.63) is 52.6 Å². The first-order chi connectivity index (χ1) is 9.33. The number of hydrogen-bond acceptors (Lipinski definition) is 2. The Hall–Kier alpha value is -1.39. The number of hydrogen-bond donors (Lipinski definition) is 1. The molecular weight excluding hydrogens is 277 g/mol. The molecule has 1 aromatic heterocycles. The number of rotatable bonds is 4. The second-order valence-electron chi connectivity index (χ2n) is 5.89. The van der Waals surface area contributed by atoms with Crippen molar-refractivity contribution in [2.45, 2.75) is 39.4 Å². The van der Waals surface area contributed by atoms with Crippen molar-refractivity contribution in [3.63, 3.8) is 0 Å². The molecule has 0 saturated heterocycles. The first-order valence-electron chi connectivity index (χ1n) is 6.54. The number of benzene rings is 1. The normalized spacial score (nSPS) is 11.8. The first-order valence-corrected chi connectivity index (χ1v) is 6.91. The Bertz CT molecular complexity index is 587. The first kappa shape index (κ1) is 15.0. The zero-order valence-corrected chi connectivity index (χ0v) is 12.7. The lowest BCUT2D eigenvalue weighted by molar-refractivity contribution is 0.424. The van der Waals surface area contributed by atoms with Gasteiger partial charge in [0.15, 0.2) is 0 Å². The minimum atomic E-state index is -0.303. The van der Waals surface area contributed by atoms with Crippen molar-refractivity contribution in [2.24, 2.45) is 0 Å². The summed E-state index contributed by atoms with van der Waals surface area (Å²) < 4.78 is 15.4. The summed E-state index contributed by atoms with van der Waals surface area (Å²) in [6, 6.07) is 4.69. The topological polar surface area (TPSA) is 29.9 Å². The number of nitrogens with one attached hydrogen (secondary N) is 1. The highest BCUT2D eigenvalue weighted by Gasteiger charge is 2.10. The van der Waals surface area contributed by atoms with E-state index in [1.165, 1.54) is 6.07 Å². The molecule has 108 valence electrons. The van der Waals surface area contributed by atoms with Gasteiger partial charge in [0.25, 0.3) is 0 Å². The van der Waals surface area contributed by atoms with E-state index in [4.69, 9.17) is 11.6 Å². The SMILES string of the molecule is CC(C)(C)NCc1cnn(Cc2ccc(Cl)cc2F)c1. The number of aromatic nitrogens is 2. The Morgan fingerprint density at radius 3 is 2.75 bits per heavy atom. The molecule has 0 bridgehead atoms. The third-order valence-corrected chi connectivity index (χ3v) is 3.09. The highest BCUT2D eigenvalue weighted by Crippen LogP contribution is 2.15. The molecule has 0 spiro atoms. The van der Waals surface area contributed by atoms with Crippen LogP contribution in [0.3, 0.4) is 0 Å². The molecule has 0 amide bonds. The standard InChI is InChI=1S/C15H19ClFN3/c1-15(2,3)18-7-11-8-19-20(9-11)10-12-4-5-13(16)6-14(12)17/h4-6,8-9,18H,7,10H2,1-3H3. The van der Waals surface area contributed by atoms with Crippen LogP contribution in [0.2, 0.25) is 5.02 Å². The van der Waals surface area contributed by atoms with E-state index >= 15 is 0 Å². The molecule has 0 radical (unpaired) electrons. The third kappa shape index (κ3) is 4.32. The maximum atomic E-state index is 13.7. The highest BCUT2D eigenvalue weighted by atomic mass is 35.5. The van der Waals surface area contributed by atoms with E-state index in [1.54, 1.807) is 23.0 Å². The fourth-order valence-corrected chi connectivity index (χ4v) is 1.93. The molecule has 1 aromatic carbocycles. The molecule has 5 heteroatoms. The summed E-state index contributed by atoms with van der Waals surface area (Å²) in [6.45, 7) is 7.48. The summed E-state index contributed by atoms with van der Waals surface area (Å²) in [6.07, 6.45) is 3.72. The van der Waals surface area contributed by atoms with Gasteiger partial charge in [-0.05, 0) is 32.9 Å². The minimum Gasteiger partial charge on any atom is -0.308 e. The maximum Gasteiger partial charge on any atom is 0.129 e. The molecule has 0 saturated carbocycles. The number of nitrogens with zero attached hydrogens (tertiary/aromatic N) is 2. The predicted octanol–water partition coefficient (Wildman–Crippen LogP) is 3.61. The average Bonchev–Trinajstić information content (AvgIpc) is 2.77. The second kappa shape index (κ2) is 5.94. The average molecular weight is 296 g/mol. The van der Waals surface area contributed by atoms with Crippen molar-refractivity contribution in [1.29, 1.82) is 0 Å². The van der Waals surface area contributed by atoms with Crippen LogP contribution < -0.4 is 5.32 Å².